The molecule has 1 aromatic carbocycles. The number of carbonyl (C=O) groups is 1. The van der Waals surface area contributed by atoms with Gasteiger partial charge < -0.3 is 10.4 Å². The van der Waals surface area contributed by atoms with E-state index in [1.54, 1.807) is 30.6 Å². The van der Waals surface area contributed by atoms with Gasteiger partial charge in [0.15, 0.2) is 0 Å². The predicted molar refractivity (Wildman–Crippen MR) is 74.0 cm³/mol. The zero-order valence-electron chi connectivity index (χ0n) is 10.8. The number of hydrogen-bond acceptors (Lipinski definition) is 3. The number of benzene rings is 1. The fourth-order valence-corrected chi connectivity index (χ4v) is 1.80. The number of carbonyl (C=O) groups excluding carboxylic acids is 1. The normalized spacial score (nSPS) is 10.2. The molecule has 4 nitrogen and oxygen atoms in total. The maximum atomic E-state index is 11.8. The van der Waals surface area contributed by atoms with Crippen LogP contribution in [0, 0.1) is 6.92 Å². The molecule has 0 spiro atoms. The topological polar surface area (TPSA) is 62.2 Å². The third-order valence-corrected chi connectivity index (χ3v) is 2.85. The lowest BCUT2D eigenvalue weighted by atomic mass is 10.1. The zero-order chi connectivity index (χ0) is 13.7. The van der Waals surface area contributed by atoms with Crippen molar-refractivity contribution in [2.45, 2.75) is 19.8 Å². The highest BCUT2D eigenvalue weighted by Gasteiger charge is 2.05. The first kappa shape index (κ1) is 13.1. The van der Waals surface area contributed by atoms with Crippen LogP contribution < -0.4 is 5.32 Å². The Kier molecular flexibility index (Phi) is 4.13. The summed E-state index contributed by atoms with van der Waals surface area (Å²) in [6, 6.07) is 8.69. The maximum Gasteiger partial charge on any atom is 0.224 e. The van der Waals surface area contributed by atoms with Gasteiger partial charge in [-0.25, -0.2) is 0 Å². The first-order valence-corrected chi connectivity index (χ1v) is 6.13. The van der Waals surface area contributed by atoms with Crippen LogP contribution >= 0.6 is 0 Å². The van der Waals surface area contributed by atoms with Gasteiger partial charge in [-0.05, 0) is 48.7 Å². The summed E-state index contributed by atoms with van der Waals surface area (Å²) in [5.41, 5.74) is 2.61. The Morgan fingerprint density at radius 2 is 2.21 bits per heavy atom. The lowest BCUT2D eigenvalue weighted by Crippen LogP contribution is -2.13. The minimum atomic E-state index is -0.0438. The molecular formula is C15H16N2O2. The monoisotopic (exact) mass is 256 g/mol. The minimum absolute atomic E-state index is 0.0438. The molecule has 0 saturated heterocycles. The lowest BCUT2D eigenvalue weighted by molar-refractivity contribution is -0.116. The number of nitrogens with one attached hydrogen (secondary N) is 1. The summed E-state index contributed by atoms with van der Waals surface area (Å²) in [6.45, 7) is 1.84. The molecule has 19 heavy (non-hydrogen) atoms. The Labute approximate surface area is 112 Å². The number of aryl methyl sites for hydroxylation is 2. The standard InChI is InChI=1S/C15H16N2O2/c1-11-9-13(18)5-6-14(11)17-15(19)7-4-12-3-2-8-16-10-12/h2-3,5-6,8-10,18H,4,7H2,1H3,(H,17,19). The lowest BCUT2D eigenvalue weighted by Gasteiger charge is -2.08. The van der Waals surface area contributed by atoms with Crippen molar-refractivity contribution in [3.05, 3.63) is 53.9 Å². The molecule has 0 bridgehead atoms. The number of hydrogen-bond donors (Lipinski definition) is 2. The maximum absolute atomic E-state index is 11.8. The highest BCUT2D eigenvalue weighted by Crippen LogP contribution is 2.20. The molecule has 2 rings (SSSR count). The fraction of sp³-hybridized carbons (Fsp3) is 0.200. The second-order valence-electron chi connectivity index (χ2n) is 4.41. The molecule has 0 saturated carbocycles. The van der Waals surface area contributed by atoms with Crippen molar-refractivity contribution in [2.75, 3.05) is 5.32 Å². The summed E-state index contributed by atoms with van der Waals surface area (Å²) in [6.07, 6.45) is 4.55. The minimum Gasteiger partial charge on any atom is -0.508 e. The molecule has 0 unspecified atom stereocenters. The van der Waals surface area contributed by atoms with Gasteiger partial charge in [-0.15, -0.1) is 0 Å². The highest BCUT2D eigenvalue weighted by molar-refractivity contribution is 5.91. The number of phenols is 1. The molecule has 2 aromatic rings. The van der Waals surface area contributed by atoms with Crippen LogP contribution in [-0.2, 0) is 11.2 Å². The Bertz CT molecular complexity index is 568. The molecule has 0 atom stereocenters. The van der Waals surface area contributed by atoms with E-state index in [4.69, 9.17) is 0 Å². The number of pyridine rings is 1. The van der Waals surface area contributed by atoms with E-state index in [1.165, 1.54) is 0 Å². The summed E-state index contributed by atoms with van der Waals surface area (Å²) in [5.74, 6) is 0.156. The van der Waals surface area contributed by atoms with E-state index in [2.05, 4.69) is 10.3 Å². The smallest absolute Gasteiger partial charge is 0.224 e. The van der Waals surface area contributed by atoms with Crippen LogP contribution in [0.1, 0.15) is 17.5 Å². The zero-order valence-corrected chi connectivity index (χ0v) is 10.8. The highest BCUT2D eigenvalue weighted by atomic mass is 16.3. The van der Waals surface area contributed by atoms with Gasteiger partial charge in [0.05, 0.1) is 0 Å². The molecule has 1 aromatic heterocycles. The summed E-state index contributed by atoms with van der Waals surface area (Å²) >= 11 is 0. The van der Waals surface area contributed by atoms with Crippen molar-refractivity contribution in [3.63, 3.8) is 0 Å². The summed E-state index contributed by atoms with van der Waals surface area (Å²) < 4.78 is 0. The number of aromatic hydroxyl groups is 1. The fourth-order valence-electron chi connectivity index (χ4n) is 1.80. The predicted octanol–water partition coefficient (Wildman–Crippen LogP) is 2.67. The molecule has 1 heterocycles. The summed E-state index contributed by atoms with van der Waals surface area (Å²) in [7, 11) is 0. The van der Waals surface area contributed by atoms with E-state index >= 15 is 0 Å². The van der Waals surface area contributed by atoms with Crippen molar-refractivity contribution in [3.8, 4) is 5.75 Å². The molecule has 2 N–H and O–H groups in total. The van der Waals surface area contributed by atoms with Crippen molar-refractivity contribution in [1.82, 2.24) is 4.98 Å². The summed E-state index contributed by atoms with van der Waals surface area (Å²) in [4.78, 5) is 15.8. The number of phenolic OH excluding ortho intramolecular Hbond substituents is 1. The van der Waals surface area contributed by atoms with Crippen LogP contribution in [0.2, 0.25) is 0 Å². The molecule has 0 fully saturated rings. The average molecular weight is 256 g/mol. The molecule has 0 aliphatic heterocycles. The Balaban J connectivity index is 1.91. The summed E-state index contributed by atoms with van der Waals surface area (Å²) in [5, 5.41) is 12.1. The Morgan fingerprint density at radius 3 is 2.89 bits per heavy atom. The molecule has 4 heteroatoms. The van der Waals surface area contributed by atoms with Crippen molar-refractivity contribution in [2.24, 2.45) is 0 Å². The van der Waals surface area contributed by atoms with Crippen molar-refractivity contribution < 1.29 is 9.90 Å². The van der Waals surface area contributed by atoms with Crippen LogP contribution in [0.15, 0.2) is 42.7 Å². The van der Waals surface area contributed by atoms with Gasteiger partial charge in [0.2, 0.25) is 5.91 Å². The Morgan fingerprint density at radius 1 is 1.37 bits per heavy atom. The van der Waals surface area contributed by atoms with Crippen LogP contribution in [0.5, 0.6) is 5.75 Å². The second-order valence-corrected chi connectivity index (χ2v) is 4.41. The molecule has 0 aliphatic rings. The van der Waals surface area contributed by atoms with Gasteiger partial charge in [-0.1, -0.05) is 6.07 Å². The van der Waals surface area contributed by atoms with E-state index in [0.717, 1.165) is 16.8 Å². The van der Waals surface area contributed by atoms with Crippen LogP contribution in [-0.4, -0.2) is 16.0 Å². The Hall–Kier alpha value is -2.36. The number of anilines is 1. The molecule has 0 radical (unpaired) electrons. The number of nitrogens with zero attached hydrogens (tertiary/aromatic N) is 1. The number of amides is 1. The van der Waals surface area contributed by atoms with Crippen molar-refractivity contribution >= 4 is 11.6 Å². The van der Waals surface area contributed by atoms with E-state index in [9.17, 15) is 9.90 Å². The molecule has 0 aliphatic carbocycles. The van der Waals surface area contributed by atoms with Gasteiger partial charge in [0.25, 0.3) is 0 Å². The van der Waals surface area contributed by atoms with Crippen LogP contribution in [0.3, 0.4) is 0 Å². The first-order chi connectivity index (χ1) is 9.15. The van der Waals surface area contributed by atoms with E-state index < -0.39 is 0 Å². The molecule has 98 valence electrons. The average Bonchev–Trinajstić information content (AvgIpc) is 2.41. The van der Waals surface area contributed by atoms with E-state index in [-0.39, 0.29) is 11.7 Å². The van der Waals surface area contributed by atoms with E-state index in [0.29, 0.717) is 12.8 Å². The quantitative estimate of drug-likeness (QED) is 0.827. The van der Waals surface area contributed by atoms with Gasteiger partial charge in [-0.2, -0.15) is 0 Å². The largest absolute Gasteiger partial charge is 0.508 e. The van der Waals surface area contributed by atoms with Gasteiger partial charge in [-0.3, -0.25) is 9.78 Å². The number of rotatable bonds is 4. The molecule has 1 amide bonds. The van der Waals surface area contributed by atoms with Crippen molar-refractivity contribution in [1.29, 1.82) is 0 Å². The van der Waals surface area contributed by atoms with Crippen LogP contribution in [0.4, 0.5) is 5.69 Å². The van der Waals surface area contributed by atoms with Gasteiger partial charge >= 0.3 is 0 Å². The first-order valence-electron chi connectivity index (χ1n) is 6.13. The second kappa shape index (κ2) is 6.00. The van der Waals surface area contributed by atoms with Crippen LogP contribution in [0.25, 0.3) is 0 Å². The number of aromatic nitrogens is 1. The third-order valence-electron chi connectivity index (χ3n) is 2.85. The third kappa shape index (κ3) is 3.81. The van der Waals surface area contributed by atoms with E-state index in [1.807, 2.05) is 19.1 Å². The SMILES string of the molecule is Cc1cc(O)ccc1NC(=O)CCc1cccnc1. The molecular weight excluding hydrogens is 240 g/mol. The van der Waals surface area contributed by atoms with Gasteiger partial charge in [0.1, 0.15) is 5.75 Å². The van der Waals surface area contributed by atoms with Gasteiger partial charge in [0, 0.05) is 24.5 Å².